The maximum Gasteiger partial charge on any atom is 0.146 e. The molecule has 0 bridgehead atoms. The summed E-state index contributed by atoms with van der Waals surface area (Å²) in [5.41, 5.74) is 0. The summed E-state index contributed by atoms with van der Waals surface area (Å²) in [6, 6.07) is 2.01. The van der Waals surface area contributed by atoms with Gasteiger partial charge in [0, 0.05) is 19.6 Å². The summed E-state index contributed by atoms with van der Waals surface area (Å²) in [5, 5.41) is 24.4. The van der Waals surface area contributed by atoms with Crippen molar-refractivity contribution in [3.05, 3.63) is 17.3 Å². The van der Waals surface area contributed by atoms with E-state index in [0.29, 0.717) is 25.5 Å². The number of nitrogens with one attached hydrogen (secondary N) is 1. The standard InChI is InChI=1S/C13H20N4O2S/c1-2-14-12-10-3-8-20-13(10)16-11(15-12)9-17(4-6-18)5-7-19/h3,8,18-19H,2,4-7,9H2,1H3,(H,14,15,16). The Morgan fingerprint density at radius 1 is 1.25 bits per heavy atom. The molecule has 3 N–H and O–H groups in total. The second-order valence-corrected chi connectivity index (χ2v) is 5.28. The van der Waals surface area contributed by atoms with Crippen molar-refractivity contribution in [3.63, 3.8) is 0 Å². The molecule has 0 saturated carbocycles. The molecule has 0 saturated heterocycles. The van der Waals surface area contributed by atoms with Crippen molar-refractivity contribution in [2.24, 2.45) is 0 Å². The Hall–Kier alpha value is -1.28. The summed E-state index contributed by atoms with van der Waals surface area (Å²) in [7, 11) is 0. The molecular formula is C13H20N4O2S. The first-order valence-corrected chi connectivity index (χ1v) is 7.58. The van der Waals surface area contributed by atoms with Crippen molar-refractivity contribution in [3.8, 4) is 0 Å². The number of anilines is 1. The monoisotopic (exact) mass is 296 g/mol. The minimum atomic E-state index is 0.0569. The van der Waals surface area contributed by atoms with Crippen LogP contribution in [-0.2, 0) is 6.54 Å². The molecule has 2 rings (SSSR count). The quantitative estimate of drug-likeness (QED) is 0.672. The summed E-state index contributed by atoms with van der Waals surface area (Å²) >= 11 is 1.59. The molecule has 0 aliphatic heterocycles. The average molecular weight is 296 g/mol. The lowest BCUT2D eigenvalue weighted by Crippen LogP contribution is -2.30. The van der Waals surface area contributed by atoms with Crippen LogP contribution in [-0.4, -0.2) is 57.9 Å². The molecule has 110 valence electrons. The number of aliphatic hydroxyl groups is 2. The fourth-order valence-electron chi connectivity index (χ4n) is 2.03. The summed E-state index contributed by atoms with van der Waals surface area (Å²) in [4.78, 5) is 12.0. The number of nitrogens with zero attached hydrogens (tertiary/aromatic N) is 3. The van der Waals surface area contributed by atoms with E-state index in [1.165, 1.54) is 0 Å². The molecule has 6 nitrogen and oxygen atoms in total. The molecule has 0 radical (unpaired) electrons. The van der Waals surface area contributed by atoms with Crippen molar-refractivity contribution in [1.82, 2.24) is 14.9 Å². The van der Waals surface area contributed by atoms with Crippen LogP contribution in [0.15, 0.2) is 11.4 Å². The Balaban J connectivity index is 2.24. The molecule has 0 atom stereocenters. The zero-order chi connectivity index (χ0) is 14.4. The molecule has 7 heteroatoms. The number of hydrogen-bond donors (Lipinski definition) is 3. The van der Waals surface area contributed by atoms with Gasteiger partial charge in [0.25, 0.3) is 0 Å². The molecule has 2 heterocycles. The second kappa shape index (κ2) is 7.49. The molecule has 0 aliphatic rings. The van der Waals surface area contributed by atoms with Crippen molar-refractivity contribution in [2.75, 3.05) is 38.2 Å². The Kier molecular flexibility index (Phi) is 5.66. The third kappa shape index (κ3) is 3.63. The molecule has 0 aromatic carbocycles. The molecule has 0 unspecified atom stereocenters. The van der Waals surface area contributed by atoms with Gasteiger partial charge < -0.3 is 15.5 Å². The van der Waals surface area contributed by atoms with E-state index in [-0.39, 0.29) is 13.2 Å². The first-order valence-electron chi connectivity index (χ1n) is 6.70. The van der Waals surface area contributed by atoms with Gasteiger partial charge in [0.2, 0.25) is 0 Å². The van der Waals surface area contributed by atoms with Crippen LogP contribution >= 0.6 is 11.3 Å². The molecule has 2 aromatic heterocycles. The van der Waals surface area contributed by atoms with Gasteiger partial charge in [-0.15, -0.1) is 11.3 Å². The van der Waals surface area contributed by atoms with Crippen molar-refractivity contribution >= 4 is 27.4 Å². The van der Waals surface area contributed by atoms with Gasteiger partial charge in [-0.3, -0.25) is 4.90 Å². The fraction of sp³-hybridized carbons (Fsp3) is 0.538. The van der Waals surface area contributed by atoms with Crippen LogP contribution in [0.3, 0.4) is 0 Å². The highest BCUT2D eigenvalue weighted by Crippen LogP contribution is 2.25. The van der Waals surface area contributed by atoms with Crippen molar-refractivity contribution in [2.45, 2.75) is 13.5 Å². The molecule has 0 spiro atoms. The lowest BCUT2D eigenvalue weighted by Gasteiger charge is -2.19. The third-order valence-corrected chi connectivity index (χ3v) is 3.72. The molecule has 0 amide bonds. The van der Waals surface area contributed by atoms with Gasteiger partial charge in [-0.25, -0.2) is 9.97 Å². The topological polar surface area (TPSA) is 81.5 Å². The van der Waals surface area contributed by atoms with Gasteiger partial charge >= 0.3 is 0 Å². The Morgan fingerprint density at radius 2 is 2.00 bits per heavy atom. The lowest BCUT2D eigenvalue weighted by atomic mass is 10.3. The summed E-state index contributed by atoms with van der Waals surface area (Å²) in [6.07, 6.45) is 0. The molecular weight excluding hydrogens is 276 g/mol. The van der Waals surface area contributed by atoms with Gasteiger partial charge in [-0.2, -0.15) is 0 Å². The minimum absolute atomic E-state index is 0.0569. The van der Waals surface area contributed by atoms with E-state index < -0.39 is 0 Å². The SMILES string of the molecule is CCNc1nc(CN(CCO)CCO)nc2sccc12. The molecule has 20 heavy (non-hydrogen) atoms. The zero-order valence-electron chi connectivity index (χ0n) is 11.5. The first kappa shape index (κ1) is 15.1. The lowest BCUT2D eigenvalue weighted by molar-refractivity contribution is 0.153. The smallest absolute Gasteiger partial charge is 0.146 e. The van der Waals surface area contributed by atoms with E-state index in [1.807, 2.05) is 23.3 Å². The first-order chi connectivity index (χ1) is 9.78. The highest BCUT2D eigenvalue weighted by Gasteiger charge is 2.11. The normalized spacial score (nSPS) is 11.4. The van der Waals surface area contributed by atoms with Crippen LogP contribution in [0.2, 0.25) is 0 Å². The number of aromatic nitrogens is 2. The summed E-state index contributed by atoms with van der Waals surface area (Å²) in [5.74, 6) is 1.56. The molecule has 2 aromatic rings. The van der Waals surface area contributed by atoms with Gasteiger partial charge in [0.15, 0.2) is 0 Å². The largest absolute Gasteiger partial charge is 0.395 e. The van der Waals surface area contributed by atoms with E-state index >= 15 is 0 Å². The third-order valence-electron chi connectivity index (χ3n) is 2.91. The van der Waals surface area contributed by atoms with Crippen LogP contribution in [0.4, 0.5) is 5.82 Å². The van der Waals surface area contributed by atoms with Crippen LogP contribution in [0.1, 0.15) is 12.7 Å². The highest BCUT2D eigenvalue weighted by atomic mass is 32.1. The maximum atomic E-state index is 9.04. The van der Waals surface area contributed by atoms with Crippen LogP contribution < -0.4 is 5.32 Å². The Morgan fingerprint density at radius 3 is 2.65 bits per heavy atom. The van der Waals surface area contributed by atoms with Crippen LogP contribution in [0.5, 0.6) is 0 Å². The van der Waals surface area contributed by atoms with E-state index in [4.69, 9.17) is 10.2 Å². The van der Waals surface area contributed by atoms with E-state index in [9.17, 15) is 0 Å². The van der Waals surface area contributed by atoms with E-state index in [2.05, 4.69) is 15.3 Å². The number of hydrogen-bond acceptors (Lipinski definition) is 7. The summed E-state index contributed by atoms with van der Waals surface area (Å²) < 4.78 is 0. The number of aliphatic hydroxyl groups excluding tert-OH is 2. The number of thiophene rings is 1. The van der Waals surface area contributed by atoms with E-state index in [1.54, 1.807) is 11.3 Å². The van der Waals surface area contributed by atoms with Gasteiger partial charge in [-0.1, -0.05) is 0 Å². The minimum Gasteiger partial charge on any atom is -0.395 e. The Labute approximate surface area is 122 Å². The zero-order valence-corrected chi connectivity index (χ0v) is 12.4. The van der Waals surface area contributed by atoms with Crippen molar-refractivity contribution in [1.29, 1.82) is 0 Å². The van der Waals surface area contributed by atoms with Crippen molar-refractivity contribution < 1.29 is 10.2 Å². The van der Waals surface area contributed by atoms with Gasteiger partial charge in [0.1, 0.15) is 16.5 Å². The Bertz CT molecular complexity index is 540. The maximum absolute atomic E-state index is 9.04. The second-order valence-electron chi connectivity index (χ2n) is 4.38. The van der Waals surface area contributed by atoms with Crippen LogP contribution in [0.25, 0.3) is 10.2 Å². The van der Waals surface area contributed by atoms with Gasteiger partial charge in [0.05, 0.1) is 25.1 Å². The van der Waals surface area contributed by atoms with Gasteiger partial charge in [-0.05, 0) is 18.4 Å². The fourth-order valence-corrected chi connectivity index (χ4v) is 2.81. The molecule has 0 aliphatic carbocycles. The average Bonchev–Trinajstić information content (AvgIpc) is 2.88. The number of fused-ring (bicyclic) bond motifs is 1. The molecule has 0 fully saturated rings. The summed E-state index contributed by atoms with van der Waals surface area (Å²) in [6.45, 7) is 4.48. The van der Waals surface area contributed by atoms with E-state index in [0.717, 1.165) is 22.6 Å². The predicted octanol–water partition coefficient (Wildman–Crippen LogP) is 0.910. The van der Waals surface area contributed by atoms with Crippen LogP contribution in [0, 0.1) is 0 Å². The highest BCUT2D eigenvalue weighted by molar-refractivity contribution is 7.16. The number of rotatable bonds is 8. The predicted molar refractivity (Wildman–Crippen MR) is 81.0 cm³/mol.